The lowest BCUT2D eigenvalue weighted by Crippen LogP contribution is -2.46. The Balaban J connectivity index is 2.23. The lowest BCUT2D eigenvalue weighted by molar-refractivity contribution is -0.145. The average Bonchev–Trinajstić information content (AvgIpc) is 2.54. The molecule has 1 aromatic carbocycles. The Morgan fingerprint density at radius 1 is 1.04 bits per heavy atom. The Morgan fingerprint density at radius 2 is 1.57 bits per heavy atom. The molecule has 2 amide bonds. The molecule has 0 unspecified atom stereocenters. The fraction of sp³-hybridized carbons (Fsp3) is 0.556. The van der Waals surface area contributed by atoms with Crippen molar-refractivity contribution in [1.29, 1.82) is 0 Å². The summed E-state index contributed by atoms with van der Waals surface area (Å²) in [7, 11) is 0. The van der Waals surface area contributed by atoms with Gasteiger partial charge in [0.05, 0.1) is 13.2 Å². The second-order valence-corrected chi connectivity index (χ2v) is 6.48. The van der Waals surface area contributed by atoms with Gasteiger partial charge in [0.2, 0.25) is 0 Å². The van der Waals surface area contributed by atoms with Crippen molar-refractivity contribution in [2.24, 2.45) is 0 Å². The topological polar surface area (TPSA) is 58.6 Å². The van der Waals surface area contributed by atoms with Gasteiger partial charge in [-0.05, 0) is 23.0 Å². The molecule has 1 heterocycles. The quantitative estimate of drug-likeness (QED) is 0.872. The van der Waals surface area contributed by atoms with E-state index in [2.05, 4.69) is 33.0 Å². The van der Waals surface area contributed by atoms with Crippen LogP contribution >= 0.6 is 0 Å². The molecule has 1 N–H and O–H groups in total. The summed E-state index contributed by atoms with van der Waals surface area (Å²) in [6.07, 6.45) is 0. The summed E-state index contributed by atoms with van der Waals surface area (Å²) in [5, 5.41) is 2.87. The van der Waals surface area contributed by atoms with Crippen LogP contribution in [-0.4, -0.2) is 43.0 Å². The number of ether oxygens (including phenoxy) is 1. The van der Waals surface area contributed by atoms with E-state index in [4.69, 9.17) is 4.74 Å². The number of nitrogens with zero attached hydrogens (tertiary/aromatic N) is 1. The molecule has 1 aliphatic rings. The zero-order valence-corrected chi connectivity index (χ0v) is 14.4. The number of rotatable bonds is 3. The van der Waals surface area contributed by atoms with Gasteiger partial charge in [-0.15, -0.1) is 0 Å². The maximum Gasteiger partial charge on any atom is 0.313 e. The number of hydrogen-bond donors (Lipinski definition) is 1. The molecule has 2 rings (SSSR count). The molecule has 5 nitrogen and oxygen atoms in total. The molecule has 0 saturated carbocycles. The van der Waals surface area contributed by atoms with Crippen LogP contribution in [0.25, 0.3) is 0 Å². The zero-order chi connectivity index (χ0) is 17.0. The third-order valence-corrected chi connectivity index (χ3v) is 4.10. The van der Waals surface area contributed by atoms with E-state index in [1.807, 2.05) is 18.2 Å². The highest BCUT2D eigenvalue weighted by molar-refractivity contribution is 6.39. The third-order valence-electron chi connectivity index (χ3n) is 4.10. The lowest BCUT2D eigenvalue weighted by Gasteiger charge is -2.27. The summed E-state index contributed by atoms with van der Waals surface area (Å²) in [6.45, 7) is 10.2. The van der Waals surface area contributed by atoms with Gasteiger partial charge in [0, 0.05) is 18.8 Å². The van der Waals surface area contributed by atoms with E-state index in [0.717, 1.165) is 16.8 Å². The van der Waals surface area contributed by atoms with Crippen LogP contribution in [0.4, 0.5) is 5.69 Å². The fourth-order valence-electron chi connectivity index (χ4n) is 2.77. The van der Waals surface area contributed by atoms with Crippen molar-refractivity contribution >= 4 is 17.5 Å². The van der Waals surface area contributed by atoms with Crippen LogP contribution < -0.4 is 5.32 Å². The number of nitrogens with one attached hydrogen (secondary N) is 1. The van der Waals surface area contributed by atoms with Gasteiger partial charge >= 0.3 is 11.8 Å². The normalized spacial score (nSPS) is 15.1. The van der Waals surface area contributed by atoms with Gasteiger partial charge in [-0.25, -0.2) is 0 Å². The Labute approximate surface area is 138 Å². The number of carbonyl (C=O) groups excluding carboxylic acids is 2. The molecule has 1 aromatic rings. The summed E-state index contributed by atoms with van der Waals surface area (Å²) in [6, 6.07) is 6.01. The zero-order valence-electron chi connectivity index (χ0n) is 14.4. The van der Waals surface area contributed by atoms with Crippen LogP contribution in [0.1, 0.15) is 50.7 Å². The first kappa shape index (κ1) is 17.5. The second-order valence-electron chi connectivity index (χ2n) is 6.48. The highest BCUT2D eigenvalue weighted by Gasteiger charge is 2.25. The van der Waals surface area contributed by atoms with E-state index < -0.39 is 11.8 Å². The standard InChI is InChI=1S/C18H26N2O3/c1-12(2)14-6-5-7-15(13(3)4)16(14)19-17(21)18(22)20-8-10-23-11-9-20/h5-7,12-13H,8-11H2,1-4H3,(H,19,21). The fourth-order valence-corrected chi connectivity index (χ4v) is 2.77. The second kappa shape index (κ2) is 7.59. The molecule has 0 spiro atoms. The first-order valence-corrected chi connectivity index (χ1v) is 8.22. The van der Waals surface area contributed by atoms with Gasteiger partial charge in [0.25, 0.3) is 0 Å². The molecule has 1 fully saturated rings. The number of carbonyl (C=O) groups is 2. The summed E-state index contributed by atoms with van der Waals surface area (Å²) < 4.78 is 5.22. The smallest absolute Gasteiger partial charge is 0.313 e. The minimum Gasteiger partial charge on any atom is -0.378 e. The SMILES string of the molecule is CC(C)c1cccc(C(C)C)c1NC(=O)C(=O)N1CCOCC1. The average molecular weight is 318 g/mol. The van der Waals surface area contributed by atoms with Crippen LogP contribution in [0.2, 0.25) is 0 Å². The summed E-state index contributed by atoms with van der Waals surface area (Å²) in [5.41, 5.74) is 2.89. The number of morpholine rings is 1. The highest BCUT2D eigenvalue weighted by atomic mass is 16.5. The number of hydrogen-bond acceptors (Lipinski definition) is 3. The molecular formula is C18H26N2O3. The predicted molar refractivity (Wildman–Crippen MR) is 90.6 cm³/mol. The molecule has 1 saturated heterocycles. The summed E-state index contributed by atoms with van der Waals surface area (Å²) in [4.78, 5) is 26.3. The highest BCUT2D eigenvalue weighted by Crippen LogP contribution is 2.32. The molecule has 5 heteroatoms. The van der Waals surface area contributed by atoms with Gasteiger partial charge in [-0.2, -0.15) is 0 Å². The van der Waals surface area contributed by atoms with Crippen molar-refractivity contribution in [3.63, 3.8) is 0 Å². The van der Waals surface area contributed by atoms with Gasteiger partial charge in [-0.1, -0.05) is 45.9 Å². The minimum absolute atomic E-state index is 0.266. The molecular weight excluding hydrogens is 292 g/mol. The van der Waals surface area contributed by atoms with Crippen LogP contribution in [0.15, 0.2) is 18.2 Å². The Kier molecular flexibility index (Phi) is 5.77. The molecule has 0 bridgehead atoms. The monoisotopic (exact) mass is 318 g/mol. The van der Waals surface area contributed by atoms with Crippen LogP contribution in [0.3, 0.4) is 0 Å². The molecule has 0 atom stereocenters. The van der Waals surface area contributed by atoms with Crippen LogP contribution in [0.5, 0.6) is 0 Å². The lowest BCUT2D eigenvalue weighted by atomic mass is 9.92. The van der Waals surface area contributed by atoms with Gasteiger partial charge in [0.1, 0.15) is 0 Å². The van der Waals surface area contributed by atoms with Gasteiger partial charge in [0.15, 0.2) is 0 Å². The van der Waals surface area contributed by atoms with E-state index in [9.17, 15) is 9.59 Å². The molecule has 126 valence electrons. The van der Waals surface area contributed by atoms with E-state index in [1.165, 1.54) is 0 Å². The van der Waals surface area contributed by atoms with Crippen molar-refractivity contribution in [2.45, 2.75) is 39.5 Å². The number of amides is 2. The summed E-state index contributed by atoms with van der Waals surface area (Å²) >= 11 is 0. The number of benzene rings is 1. The molecule has 0 aliphatic carbocycles. The molecule has 0 aromatic heterocycles. The van der Waals surface area contributed by atoms with E-state index in [1.54, 1.807) is 4.90 Å². The molecule has 0 radical (unpaired) electrons. The van der Waals surface area contributed by atoms with Crippen LogP contribution in [-0.2, 0) is 14.3 Å². The number of para-hydroxylation sites is 1. The number of anilines is 1. The van der Waals surface area contributed by atoms with Crippen molar-refractivity contribution in [1.82, 2.24) is 4.90 Å². The van der Waals surface area contributed by atoms with Crippen LogP contribution in [0, 0.1) is 0 Å². The van der Waals surface area contributed by atoms with Crippen molar-refractivity contribution in [2.75, 3.05) is 31.6 Å². The first-order valence-electron chi connectivity index (χ1n) is 8.22. The van der Waals surface area contributed by atoms with Crippen molar-refractivity contribution in [3.05, 3.63) is 29.3 Å². The van der Waals surface area contributed by atoms with Crippen molar-refractivity contribution < 1.29 is 14.3 Å². The van der Waals surface area contributed by atoms with E-state index in [0.29, 0.717) is 26.3 Å². The maximum absolute atomic E-state index is 12.4. The predicted octanol–water partition coefficient (Wildman–Crippen LogP) is 2.73. The Hall–Kier alpha value is -1.88. The third kappa shape index (κ3) is 4.10. The van der Waals surface area contributed by atoms with Gasteiger partial charge in [-0.3, -0.25) is 9.59 Å². The summed E-state index contributed by atoms with van der Waals surface area (Å²) in [5.74, 6) is -0.520. The van der Waals surface area contributed by atoms with Crippen molar-refractivity contribution in [3.8, 4) is 0 Å². The first-order chi connectivity index (χ1) is 10.9. The Bertz CT molecular complexity index is 549. The maximum atomic E-state index is 12.4. The Morgan fingerprint density at radius 3 is 2.04 bits per heavy atom. The van der Waals surface area contributed by atoms with E-state index >= 15 is 0 Å². The minimum atomic E-state index is -0.568. The molecule has 1 aliphatic heterocycles. The largest absolute Gasteiger partial charge is 0.378 e. The van der Waals surface area contributed by atoms with E-state index in [-0.39, 0.29) is 11.8 Å². The molecule has 23 heavy (non-hydrogen) atoms. The van der Waals surface area contributed by atoms with Gasteiger partial charge < -0.3 is 15.0 Å².